The van der Waals surface area contributed by atoms with Gasteiger partial charge in [0.2, 0.25) is 5.91 Å². The van der Waals surface area contributed by atoms with E-state index in [2.05, 4.69) is 52.6 Å². The second-order valence-electron chi connectivity index (χ2n) is 8.52. The van der Waals surface area contributed by atoms with E-state index in [4.69, 9.17) is 9.47 Å². The fourth-order valence-corrected chi connectivity index (χ4v) is 5.41. The summed E-state index contributed by atoms with van der Waals surface area (Å²) < 4.78 is 13.5. The van der Waals surface area contributed by atoms with Gasteiger partial charge in [-0.05, 0) is 49.7 Å². The van der Waals surface area contributed by atoms with Gasteiger partial charge in [-0.15, -0.1) is 0 Å². The number of amides is 1. The van der Waals surface area contributed by atoms with Gasteiger partial charge >= 0.3 is 0 Å². The fourth-order valence-electron chi connectivity index (χ4n) is 4.47. The van der Waals surface area contributed by atoms with Crippen molar-refractivity contribution in [2.45, 2.75) is 25.5 Å². The SMILES string of the molecule is CCn1c(-c2ccc3c(c2)OCCO3)cnc1SCC(=O)N1CCN(c2cccc(C)c2)CC1. The maximum Gasteiger partial charge on any atom is 0.233 e. The molecule has 0 aliphatic carbocycles. The van der Waals surface area contributed by atoms with Crippen molar-refractivity contribution < 1.29 is 14.3 Å². The van der Waals surface area contributed by atoms with Crippen molar-refractivity contribution in [2.24, 2.45) is 0 Å². The molecule has 0 bridgehead atoms. The molecule has 1 aromatic heterocycles. The van der Waals surface area contributed by atoms with Gasteiger partial charge in [0.1, 0.15) is 13.2 Å². The number of ether oxygens (including phenoxy) is 2. The fraction of sp³-hybridized carbons (Fsp3) is 0.385. The maximum atomic E-state index is 12.9. The van der Waals surface area contributed by atoms with Gasteiger partial charge in [0, 0.05) is 44.0 Å². The van der Waals surface area contributed by atoms with Gasteiger partial charge < -0.3 is 23.8 Å². The normalized spacial score (nSPS) is 15.5. The predicted molar refractivity (Wildman–Crippen MR) is 135 cm³/mol. The lowest BCUT2D eigenvalue weighted by atomic mass is 10.1. The average molecular weight is 479 g/mol. The van der Waals surface area contributed by atoms with Gasteiger partial charge in [-0.2, -0.15) is 0 Å². The highest BCUT2D eigenvalue weighted by Crippen LogP contribution is 2.35. The number of rotatable bonds is 6. The standard InChI is InChI=1S/C26H30N4O3S/c1-3-30-22(20-7-8-23-24(16-20)33-14-13-32-23)17-27-26(30)34-18-25(31)29-11-9-28(10-12-29)21-6-4-5-19(2)15-21/h4-8,15-17H,3,9-14,18H2,1-2H3. The Balaban J connectivity index is 1.20. The highest BCUT2D eigenvalue weighted by molar-refractivity contribution is 7.99. The number of thioether (sulfide) groups is 1. The molecule has 178 valence electrons. The third-order valence-corrected chi connectivity index (χ3v) is 7.27. The number of fused-ring (bicyclic) bond motifs is 1. The number of benzene rings is 2. The van der Waals surface area contributed by atoms with Gasteiger partial charge in [0.05, 0.1) is 17.6 Å². The van der Waals surface area contributed by atoms with Crippen LogP contribution in [-0.4, -0.2) is 65.5 Å². The smallest absolute Gasteiger partial charge is 0.233 e. The molecule has 0 spiro atoms. The van der Waals surface area contributed by atoms with Crippen LogP contribution < -0.4 is 14.4 Å². The Labute approximate surface area is 204 Å². The molecule has 1 amide bonds. The van der Waals surface area contributed by atoms with E-state index < -0.39 is 0 Å². The zero-order valence-corrected chi connectivity index (χ0v) is 20.5. The van der Waals surface area contributed by atoms with E-state index >= 15 is 0 Å². The van der Waals surface area contributed by atoms with Gasteiger partial charge in [-0.1, -0.05) is 23.9 Å². The first kappa shape index (κ1) is 22.7. The van der Waals surface area contributed by atoms with Crippen molar-refractivity contribution in [3.05, 3.63) is 54.2 Å². The second kappa shape index (κ2) is 10.0. The zero-order valence-electron chi connectivity index (χ0n) is 19.7. The van der Waals surface area contributed by atoms with Gasteiger partial charge in [-0.3, -0.25) is 4.79 Å². The van der Waals surface area contributed by atoms with Crippen molar-refractivity contribution >= 4 is 23.4 Å². The Bertz CT molecular complexity index is 1170. The molecule has 2 aromatic carbocycles. The summed E-state index contributed by atoms with van der Waals surface area (Å²) in [7, 11) is 0. The van der Waals surface area contributed by atoms with Crippen molar-refractivity contribution in [2.75, 3.05) is 50.0 Å². The number of carbonyl (C=O) groups excluding carboxylic acids is 1. The Hall–Kier alpha value is -3.13. The molecule has 0 saturated carbocycles. The minimum atomic E-state index is 0.167. The van der Waals surface area contributed by atoms with Gasteiger partial charge in [0.15, 0.2) is 16.7 Å². The third-order valence-electron chi connectivity index (χ3n) is 6.30. The van der Waals surface area contributed by atoms with E-state index in [1.165, 1.54) is 23.0 Å². The highest BCUT2D eigenvalue weighted by Gasteiger charge is 2.23. The second-order valence-corrected chi connectivity index (χ2v) is 9.47. The summed E-state index contributed by atoms with van der Waals surface area (Å²) in [6.45, 7) is 9.33. The van der Waals surface area contributed by atoms with Crippen molar-refractivity contribution in [1.82, 2.24) is 14.5 Å². The lowest BCUT2D eigenvalue weighted by Crippen LogP contribution is -2.49. The molecule has 2 aliphatic heterocycles. The molecule has 0 radical (unpaired) electrons. The molecule has 0 unspecified atom stereocenters. The number of imidazole rings is 1. The van der Waals surface area contributed by atoms with Crippen LogP contribution in [0, 0.1) is 6.92 Å². The Kier molecular flexibility index (Phi) is 6.67. The van der Waals surface area contributed by atoms with Crippen LogP contribution in [-0.2, 0) is 11.3 Å². The number of hydrogen-bond acceptors (Lipinski definition) is 6. The summed E-state index contributed by atoms with van der Waals surface area (Å²) >= 11 is 1.51. The van der Waals surface area contributed by atoms with E-state index in [-0.39, 0.29) is 5.91 Å². The minimum Gasteiger partial charge on any atom is -0.486 e. The van der Waals surface area contributed by atoms with Crippen LogP contribution in [0.25, 0.3) is 11.3 Å². The molecule has 0 atom stereocenters. The van der Waals surface area contributed by atoms with Crippen LogP contribution in [0.5, 0.6) is 11.5 Å². The summed E-state index contributed by atoms with van der Waals surface area (Å²) in [4.78, 5) is 21.9. The summed E-state index contributed by atoms with van der Waals surface area (Å²) in [6.07, 6.45) is 1.88. The molecular weight excluding hydrogens is 448 g/mol. The first-order chi connectivity index (χ1) is 16.6. The van der Waals surface area contributed by atoms with Gasteiger partial charge in [0.25, 0.3) is 0 Å². The number of anilines is 1. The number of aromatic nitrogens is 2. The van der Waals surface area contributed by atoms with Crippen LogP contribution >= 0.6 is 11.8 Å². The number of piperazine rings is 1. The van der Waals surface area contributed by atoms with Crippen LogP contribution in [0.15, 0.2) is 53.8 Å². The van der Waals surface area contributed by atoms with Crippen LogP contribution in [0.4, 0.5) is 5.69 Å². The van der Waals surface area contributed by atoms with E-state index in [1.54, 1.807) is 0 Å². The van der Waals surface area contributed by atoms with E-state index in [9.17, 15) is 4.79 Å². The lowest BCUT2D eigenvalue weighted by Gasteiger charge is -2.36. The molecule has 34 heavy (non-hydrogen) atoms. The van der Waals surface area contributed by atoms with Gasteiger partial charge in [-0.25, -0.2) is 4.98 Å². The van der Waals surface area contributed by atoms with Crippen molar-refractivity contribution in [1.29, 1.82) is 0 Å². The van der Waals surface area contributed by atoms with E-state index in [0.717, 1.165) is 60.6 Å². The predicted octanol–water partition coefficient (Wildman–Crippen LogP) is 4.09. The Morgan fingerprint density at radius 1 is 1.03 bits per heavy atom. The zero-order chi connectivity index (χ0) is 23.5. The van der Waals surface area contributed by atoms with Crippen LogP contribution in [0.1, 0.15) is 12.5 Å². The largest absolute Gasteiger partial charge is 0.486 e. The Morgan fingerprint density at radius 2 is 1.82 bits per heavy atom. The van der Waals surface area contributed by atoms with Crippen molar-refractivity contribution in [3.63, 3.8) is 0 Å². The minimum absolute atomic E-state index is 0.167. The quantitative estimate of drug-likeness (QED) is 0.498. The third kappa shape index (κ3) is 4.73. The summed E-state index contributed by atoms with van der Waals surface area (Å²) in [6, 6.07) is 14.5. The molecule has 3 aromatic rings. The molecule has 7 nitrogen and oxygen atoms in total. The molecular formula is C26H30N4O3S. The number of hydrogen-bond donors (Lipinski definition) is 0. The van der Waals surface area contributed by atoms with Crippen molar-refractivity contribution in [3.8, 4) is 22.8 Å². The molecule has 0 N–H and O–H groups in total. The van der Waals surface area contributed by atoms with E-state index in [0.29, 0.717) is 19.0 Å². The molecule has 5 rings (SSSR count). The lowest BCUT2D eigenvalue weighted by molar-refractivity contribution is -0.128. The number of nitrogens with zero attached hydrogens (tertiary/aromatic N) is 4. The number of carbonyl (C=O) groups is 1. The van der Waals surface area contributed by atoms with Crippen LogP contribution in [0.3, 0.4) is 0 Å². The maximum absolute atomic E-state index is 12.9. The first-order valence-electron chi connectivity index (χ1n) is 11.8. The topological polar surface area (TPSA) is 59.8 Å². The molecule has 3 heterocycles. The molecule has 8 heteroatoms. The molecule has 1 fully saturated rings. The highest BCUT2D eigenvalue weighted by atomic mass is 32.2. The monoisotopic (exact) mass is 478 g/mol. The average Bonchev–Trinajstić information content (AvgIpc) is 3.30. The summed E-state index contributed by atoms with van der Waals surface area (Å²) in [5, 5.41) is 0.860. The van der Waals surface area contributed by atoms with Crippen LogP contribution in [0.2, 0.25) is 0 Å². The molecule has 2 aliphatic rings. The van der Waals surface area contributed by atoms with E-state index in [1.807, 2.05) is 29.3 Å². The summed E-state index contributed by atoms with van der Waals surface area (Å²) in [5.74, 6) is 2.10. The first-order valence-corrected chi connectivity index (χ1v) is 12.8. The summed E-state index contributed by atoms with van der Waals surface area (Å²) in [5.41, 5.74) is 4.54. The number of aryl methyl sites for hydroxylation is 1. The Morgan fingerprint density at radius 3 is 2.59 bits per heavy atom. The molecule has 1 saturated heterocycles.